The summed E-state index contributed by atoms with van der Waals surface area (Å²) in [6, 6.07) is 6.40. The van der Waals surface area contributed by atoms with Crippen LogP contribution in [0.15, 0.2) is 18.2 Å². The lowest BCUT2D eigenvalue weighted by molar-refractivity contribution is 0.0181. The normalized spacial score (nSPS) is 18.1. The summed E-state index contributed by atoms with van der Waals surface area (Å²) in [6.07, 6.45) is 0.873. The van der Waals surface area contributed by atoms with E-state index < -0.39 is 13.0 Å². The lowest BCUT2D eigenvalue weighted by Crippen LogP contribution is -2.28. The average Bonchev–Trinajstić information content (AvgIpc) is 2.46. The summed E-state index contributed by atoms with van der Waals surface area (Å²) in [5, 5.41) is 3.38. The number of aryl methyl sites for hydroxylation is 1. The van der Waals surface area contributed by atoms with Crippen molar-refractivity contribution in [3.63, 3.8) is 0 Å². The van der Waals surface area contributed by atoms with Crippen LogP contribution in [0.2, 0.25) is 0 Å². The van der Waals surface area contributed by atoms with E-state index in [4.69, 9.17) is 9.47 Å². The number of benzene rings is 1. The van der Waals surface area contributed by atoms with Crippen molar-refractivity contribution in [2.45, 2.75) is 31.7 Å². The molecule has 20 heavy (non-hydrogen) atoms. The standard InChI is InChI=1S/C15H21F2NO2/c1-19-12-6-5-11-3-2-4-14(13(11)9-12)18-7-8-20-10-15(16)17/h5-6,9,14-15,18H,2-4,7-8,10H2,1H3. The van der Waals surface area contributed by atoms with E-state index in [1.807, 2.05) is 6.07 Å². The predicted molar refractivity (Wildman–Crippen MR) is 73.5 cm³/mol. The Kier molecular flexibility index (Phi) is 5.73. The topological polar surface area (TPSA) is 30.5 Å². The number of hydrogen-bond acceptors (Lipinski definition) is 3. The molecule has 0 fully saturated rings. The zero-order chi connectivity index (χ0) is 14.4. The molecule has 0 saturated carbocycles. The van der Waals surface area contributed by atoms with E-state index in [2.05, 4.69) is 17.4 Å². The van der Waals surface area contributed by atoms with Gasteiger partial charge in [-0.3, -0.25) is 0 Å². The molecule has 0 aliphatic heterocycles. The van der Waals surface area contributed by atoms with Crippen molar-refractivity contribution in [3.8, 4) is 5.75 Å². The van der Waals surface area contributed by atoms with Gasteiger partial charge in [0.1, 0.15) is 12.4 Å². The maximum absolute atomic E-state index is 11.9. The Morgan fingerprint density at radius 2 is 2.25 bits per heavy atom. The Morgan fingerprint density at radius 1 is 1.40 bits per heavy atom. The highest BCUT2D eigenvalue weighted by molar-refractivity contribution is 5.39. The molecular weight excluding hydrogens is 264 g/mol. The number of nitrogens with one attached hydrogen (secondary N) is 1. The summed E-state index contributed by atoms with van der Waals surface area (Å²) < 4.78 is 34.0. The molecule has 1 atom stereocenters. The number of halogens is 2. The first-order valence-corrected chi connectivity index (χ1v) is 6.97. The van der Waals surface area contributed by atoms with Gasteiger partial charge < -0.3 is 14.8 Å². The number of hydrogen-bond donors (Lipinski definition) is 1. The second-order valence-electron chi connectivity index (χ2n) is 4.93. The molecule has 1 aromatic carbocycles. The molecule has 0 spiro atoms. The van der Waals surface area contributed by atoms with Crippen LogP contribution in [0.3, 0.4) is 0 Å². The van der Waals surface area contributed by atoms with E-state index >= 15 is 0 Å². The summed E-state index contributed by atoms with van der Waals surface area (Å²) in [5.74, 6) is 0.853. The van der Waals surface area contributed by atoms with Crippen LogP contribution in [0.1, 0.15) is 30.0 Å². The highest BCUT2D eigenvalue weighted by Gasteiger charge is 2.20. The molecule has 1 aliphatic carbocycles. The van der Waals surface area contributed by atoms with Crippen LogP contribution in [0.5, 0.6) is 5.75 Å². The fourth-order valence-electron chi connectivity index (χ4n) is 2.59. The van der Waals surface area contributed by atoms with E-state index in [0.717, 1.165) is 25.0 Å². The van der Waals surface area contributed by atoms with Gasteiger partial charge in [-0.1, -0.05) is 6.07 Å². The average molecular weight is 285 g/mol. The van der Waals surface area contributed by atoms with E-state index in [0.29, 0.717) is 13.2 Å². The maximum atomic E-state index is 11.9. The molecule has 2 rings (SSSR count). The monoisotopic (exact) mass is 285 g/mol. The molecular formula is C15H21F2NO2. The molecule has 3 nitrogen and oxygen atoms in total. The van der Waals surface area contributed by atoms with Crippen molar-refractivity contribution < 1.29 is 18.3 Å². The van der Waals surface area contributed by atoms with Crippen LogP contribution >= 0.6 is 0 Å². The summed E-state index contributed by atoms with van der Waals surface area (Å²) >= 11 is 0. The highest BCUT2D eigenvalue weighted by Crippen LogP contribution is 2.32. The Hall–Kier alpha value is -1.20. The van der Waals surface area contributed by atoms with Crippen molar-refractivity contribution in [2.75, 3.05) is 26.9 Å². The van der Waals surface area contributed by atoms with Crippen molar-refractivity contribution in [1.29, 1.82) is 0 Å². The van der Waals surface area contributed by atoms with Crippen molar-refractivity contribution in [3.05, 3.63) is 29.3 Å². The van der Waals surface area contributed by atoms with E-state index in [1.165, 1.54) is 11.1 Å². The minimum absolute atomic E-state index is 0.254. The molecule has 0 radical (unpaired) electrons. The zero-order valence-corrected chi connectivity index (χ0v) is 11.7. The summed E-state index contributed by atoms with van der Waals surface area (Å²) in [5.41, 5.74) is 2.59. The zero-order valence-electron chi connectivity index (χ0n) is 11.7. The van der Waals surface area contributed by atoms with Gasteiger partial charge in [-0.2, -0.15) is 0 Å². The molecule has 1 N–H and O–H groups in total. The summed E-state index contributed by atoms with van der Waals surface area (Å²) in [7, 11) is 1.66. The number of ether oxygens (including phenoxy) is 2. The van der Waals surface area contributed by atoms with Gasteiger partial charge in [0.05, 0.1) is 13.7 Å². The number of alkyl halides is 2. The lowest BCUT2D eigenvalue weighted by atomic mass is 9.87. The molecule has 0 aromatic heterocycles. The minimum Gasteiger partial charge on any atom is -0.497 e. The van der Waals surface area contributed by atoms with E-state index in [-0.39, 0.29) is 6.04 Å². The summed E-state index contributed by atoms with van der Waals surface area (Å²) in [6.45, 7) is 0.394. The van der Waals surface area contributed by atoms with Gasteiger partial charge in [0.15, 0.2) is 0 Å². The quantitative estimate of drug-likeness (QED) is 0.781. The molecule has 1 unspecified atom stereocenters. The highest BCUT2D eigenvalue weighted by atomic mass is 19.3. The lowest BCUT2D eigenvalue weighted by Gasteiger charge is -2.27. The Bertz CT molecular complexity index is 426. The van der Waals surface area contributed by atoms with Gasteiger partial charge >= 0.3 is 0 Å². The van der Waals surface area contributed by atoms with Crippen LogP contribution < -0.4 is 10.1 Å². The molecule has 1 aromatic rings. The third-order valence-corrected chi connectivity index (χ3v) is 3.55. The largest absolute Gasteiger partial charge is 0.497 e. The number of rotatable bonds is 7. The molecule has 0 saturated heterocycles. The van der Waals surface area contributed by atoms with Crippen LogP contribution in [-0.2, 0) is 11.2 Å². The van der Waals surface area contributed by atoms with Crippen molar-refractivity contribution >= 4 is 0 Å². The van der Waals surface area contributed by atoms with Gasteiger partial charge in [0, 0.05) is 12.6 Å². The fourth-order valence-corrected chi connectivity index (χ4v) is 2.59. The Morgan fingerprint density at radius 3 is 3.00 bits per heavy atom. The molecule has 1 aliphatic rings. The van der Waals surface area contributed by atoms with Crippen molar-refractivity contribution in [1.82, 2.24) is 5.32 Å². The first-order chi connectivity index (χ1) is 9.70. The van der Waals surface area contributed by atoms with E-state index in [1.54, 1.807) is 7.11 Å². The van der Waals surface area contributed by atoms with Gasteiger partial charge in [-0.05, 0) is 42.5 Å². The molecule has 112 valence electrons. The van der Waals surface area contributed by atoms with Crippen LogP contribution in [0.25, 0.3) is 0 Å². The third-order valence-electron chi connectivity index (χ3n) is 3.55. The van der Waals surface area contributed by atoms with Crippen LogP contribution in [0, 0.1) is 0 Å². The Balaban J connectivity index is 1.87. The van der Waals surface area contributed by atoms with Crippen molar-refractivity contribution in [2.24, 2.45) is 0 Å². The van der Waals surface area contributed by atoms with Gasteiger partial charge in [0.25, 0.3) is 6.43 Å². The van der Waals surface area contributed by atoms with Crippen LogP contribution in [-0.4, -0.2) is 33.3 Å². The predicted octanol–water partition coefficient (Wildman–Crippen LogP) is 2.94. The third kappa shape index (κ3) is 4.15. The second-order valence-corrected chi connectivity index (χ2v) is 4.93. The molecule has 0 heterocycles. The van der Waals surface area contributed by atoms with Gasteiger partial charge in [-0.15, -0.1) is 0 Å². The molecule has 0 amide bonds. The minimum atomic E-state index is -2.39. The molecule has 5 heteroatoms. The maximum Gasteiger partial charge on any atom is 0.261 e. The first kappa shape index (κ1) is 15.2. The van der Waals surface area contributed by atoms with Gasteiger partial charge in [-0.25, -0.2) is 8.78 Å². The fraction of sp³-hybridized carbons (Fsp3) is 0.600. The van der Waals surface area contributed by atoms with Crippen LogP contribution in [0.4, 0.5) is 8.78 Å². The smallest absolute Gasteiger partial charge is 0.261 e. The molecule has 0 bridgehead atoms. The SMILES string of the molecule is COc1ccc2c(c1)C(NCCOCC(F)F)CCC2. The number of fused-ring (bicyclic) bond motifs is 1. The Labute approximate surface area is 118 Å². The number of methoxy groups -OCH3 is 1. The first-order valence-electron chi connectivity index (χ1n) is 6.97. The van der Waals surface area contributed by atoms with E-state index in [9.17, 15) is 8.78 Å². The van der Waals surface area contributed by atoms with Gasteiger partial charge in [0.2, 0.25) is 0 Å². The second kappa shape index (κ2) is 7.55. The summed E-state index contributed by atoms with van der Waals surface area (Å²) in [4.78, 5) is 0.